The van der Waals surface area contributed by atoms with Gasteiger partial charge in [-0.25, -0.2) is 14.6 Å². The van der Waals surface area contributed by atoms with Crippen LogP contribution in [0.3, 0.4) is 0 Å². The second-order valence-electron chi connectivity index (χ2n) is 8.02. The number of nitrogens with two attached hydrogens (primary N) is 1. The lowest BCUT2D eigenvalue weighted by Crippen LogP contribution is -2.39. The smallest absolute Gasteiger partial charge is 0.179 e. The summed E-state index contributed by atoms with van der Waals surface area (Å²) in [7, 11) is 0. The predicted molar refractivity (Wildman–Crippen MR) is 122 cm³/mol. The summed E-state index contributed by atoms with van der Waals surface area (Å²) in [6, 6.07) is 17.7. The molecule has 32 heavy (non-hydrogen) atoms. The van der Waals surface area contributed by atoms with Crippen LogP contribution < -0.4 is 10.5 Å². The highest BCUT2D eigenvalue weighted by atomic mass is 16.5. The van der Waals surface area contributed by atoms with Gasteiger partial charge >= 0.3 is 0 Å². The number of ether oxygens (including phenoxy) is 1. The fraction of sp³-hybridized carbons (Fsp3) is 0.250. The van der Waals surface area contributed by atoms with E-state index in [0.717, 1.165) is 41.0 Å². The van der Waals surface area contributed by atoms with Crippen molar-refractivity contribution in [2.24, 2.45) is 0 Å². The zero-order valence-electron chi connectivity index (χ0n) is 17.7. The summed E-state index contributed by atoms with van der Waals surface area (Å²) in [5, 5.41) is 15.1. The Morgan fingerprint density at radius 2 is 1.78 bits per heavy atom. The van der Waals surface area contributed by atoms with E-state index in [4.69, 9.17) is 15.6 Å². The minimum Gasteiger partial charge on any atom is -0.457 e. The first kappa shape index (κ1) is 19.8. The van der Waals surface area contributed by atoms with Crippen LogP contribution in [-0.2, 0) is 0 Å². The first-order valence-corrected chi connectivity index (χ1v) is 10.6. The molecule has 2 atom stereocenters. The molecule has 0 radical (unpaired) electrons. The van der Waals surface area contributed by atoms with Crippen molar-refractivity contribution >= 4 is 16.9 Å². The van der Waals surface area contributed by atoms with Gasteiger partial charge in [0.2, 0.25) is 0 Å². The molecule has 2 aromatic carbocycles. The van der Waals surface area contributed by atoms with Crippen molar-refractivity contribution in [2.45, 2.75) is 31.8 Å². The van der Waals surface area contributed by atoms with E-state index in [9.17, 15) is 5.26 Å². The van der Waals surface area contributed by atoms with Crippen LogP contribution in [0.1, 0.15) is 25.8 Å². The second-order valence-corrected chi connectivity index (χ2v) is 8.02. The number of hydrogen-bond acceptors (Lipinski definition) is 7. The lowest BCUT2D eigenvalue weighted by molar-refractivity contribution is 0.179. The highest BCUT2D eigenvalue weighted by molar-refractivity contribution is 5.98. The number of likely N-dealkylation sites (tertiary alicyclic amines) is 1. The molecule has 0 amide bonds. The van der Waals surface area contributed by atoms with E-state index in [0.29, 0.717) is 18.0 Å². The van der Waals surface area contributed by atoms with Gasteiger partial charge in [0.15, 0.2) is 11.8 Å². The van der Waals surface area contributed by atoms with E-state index in [1.54, 1.807) is 0 Å². The molecule has 3 heterocycles. The van der Waals surface area contributed by atoms with E-state index < -0.39 is 0 Å². The summed E-state index contributed by atoms with van der Waals surface area (Å²) in [4.78, 5) is 10.5. The molecule has 2 unspecified atom stereocenters. The molecule has 0 saturated carbocycles. The topological polar surface area (TPSA) is 106 Å². The Hall–Kier alpha value is -4.12. The molecule has 0 spiro atoms. The van der Waals surface area contributed by atoms with Gasteiger partial charge in [-0.1, -0.05) is 18.2 Å². The monoisotopic (exact) mass is 425 g/mol. The fourth-order valence-corrected chi connectivity index (χ4v) is 4.18. The Bertz CT molecular complexity index is 1280. The van der Waals surface area contributed by atoms with Crippen molar-refractivity contribution < 1.29 is 4.74 Å². The van der Waals surface area contributed by atoms with Crippen LogP contribution in [0.2, 0.25) is 0 Å². The molecule has 0 bridgehead atoms. The minimum atomic E-state index is 0.0390. The lowest BCUT2D eigenvalue weighted by atomic mass is 10.0. The molecule has 5 rings (SSSR count). The summed E-state index contributed by atoms with van der Waals surface area (Å²) in [6.07, 6.45) is 5.60. The van der Waals surface area contributed by atoms with Gasteiger partial charge in [-0.15, -0.1) is 0 Å². The highest BCUT2D eigenvalue weighted by Gasteiger charge is 2.29. The molecule has 1 aliphatic rings. The third kappa shape index (κ3) is 3.58. The number of fused-ring (bicyclic) bond motifs is 1. The molecule has 160 valence electrons. The number of aromatic nitrogens is 4. The maximum Gasteiger partial charge on any atom is 0.179 e. The highest BCUT2D eigenvalue weighted by Crippen LogP contribution is 2.35. The van der Waals surface area contributed by atoms with Gasteiger partial charge in [0.05, 0.1) is 18.0 Å². The van der Waals surface area contributed by atoms with Gasteiger partial charge in [-0.2, -0.15) is 10.4 Å². The Labute approximate surface area is 185 Å². The normalized spacial score (nSPS) is 18.4. The standard InChI is InChI=1S/C24H23N7O/c1-16-7-10-18(13-30(16)14-25)31-24-21(23(26)27-15-28-24)22(29-31)17-8-11-20(12-9-17)32-19-5-3-2-4-6-19/h2-6,8-9,11-12,15-16,18H,7,10,13H2,1H3,(H2,26,27,28). The van der Waals surface area contributed by atoms with Crippen LogP contribution in [0.15, 0.2) is 60.9 Å². The number of nitrogen functional groups attached to an aromatic ring is 1. The summed E-state index contributed by atoms with van der Waals surface area (Å²) < 4.78 is 7.81. The third-order valence-electron chi connectivity index (χ3n) is 5.96. The summed E-state index contributed by atoms with van der Waals surface area (Å²) >= 11 is 0. The Morgan fingerprint density at radius 1 is 1.03 bits per heavy atom. The first-order chi connectivity index (χ1) is 15.6. The molecule has 1 fully saturated rings. The average Bonchev–Trinajstić information content (AvgIpc) is 3.22. The molecule has 4 aromatic rings. The average molecular weight is 425 g/mol. The Balaban J connectivity index is 1.51. The molecule has 2 aromatic heterocycles. The van der Waals surface area contributed by atoms with E-state index >= 15 is 0 Å². The molecular formula is C24H23N7O. The number of rotatable bonds is 4. The van der Waals surface area contributed by atoms with Crippen LogP contribution in [0.5, 0.6) is 11.5 Å². The summed E-state index contributed by atoms with van der Waals surface area (Å²) in [5.74, 6) is 1.90. The van der Waals surface area contributed by atoms with Crippen molar-refractivity contribution in [3.63, 3.8) is 0 Å². The van der Waals surface area contributed by atoms with Gasteiger partial charge < -0.3 is 15.4 Å². The number of hydrogen-bond donors (Lipinski definition) is 1. The van der Waals surface area contributed by atoms with Crippen LogP contribution in [0.25, 0.3) is 22.3 Å². The molecular weight excluding hydrogens is 402 g/mol. The molecule has 1 saturated heterocycles. The number of piperidine rings is 1. The van der Waals surface area contributed by atoms with Crippen molar-refractivity contribution in [1.29, 1.82) is 5.26 Å². The summed E-state index contributed by atoms with van der Waals surface area (Å²) in [6.45, 7) is 2.67. The first-order valence-electron chi connectivity index (χ1n) is 10.6. The van der Waals surface area contributed by atoms with E-state index in [1.165, 1.54) is 6.33 Å². The molecule has 1 aliphatic heterocycles. The van der Waals surface area contributed by atoms with Gasteiger partial charge in [0, 0.05) is 11.6 Å². The van der Waals surface area contributed by atoms with Gasteiger partial charge in [0.1, 0.15) is 29.3 Å². The fourth-order valence-electron chi connectivity index (χ4n) is 4.18. The van der Waals surface area contributed by atoms with Crippen molar-refractivity contribution in [3.05, 3.63) is 60.9 Å². The number of para-hydroxylation sites is 1. The zero-order chi connectivity index (χ0) is 22.1. The van der Waals surface area contributed by atoms with Crippen molar-refractivity contribution in [2.75, 3.05) is 12.3 Å². The molecule has 0 aliphatic carbocycles. The number of anilines is 1. The SMILES string of the molecule is CC1CCC(n2nc(-c3ccc(Oc4ccccc4)cc3)c3c(N)ncnc32)CN1C#N. The van der Waals surface area contributed by atoms with E-state index in [2.05, 4.69) is 23.1 Å². The van der Waals surface area contributed by atoms with Crippen molar-refractivity contribution in [3.8, 4) is 28.9 Å². The van der Waals surface area contributed by atoms with Gasteiger partial charge in [-0.3, -0.25) is 0 Å². The van der Waals surface area contributed by atoms with Crippen LogP contribution in [0, 0.1) is 11.5 Å². The number of nitriles is 1. The maximum atomic E-state index is 9.49. The largest absolute Gasteiger partial charge is 0.457 e. The lowest BCUT2D eigenvalue weighted by Gasteiger charge is -2.34. The van der Waals surface area contributed by atoms with E-state index in [-0.39, 0.29) is 12.1 Å². The quantitative estimate of drug-likeness (QED) is 0.484. The third-order valence-corrected chi connectivity index (χ3v) is 5.96. The predicted octanol–water partition coefficient (Wildman–Crippen LogP) is 4.37. The molecule has 2 N–H and O–H groups in total. The molecule has 8 heteroatoms. The van der Waals surface area contributed by atoms with Crippen LogP contribution >= 0.6 is 0 Å². The van der Waals surface area contributed by atoms with Gasteiger partial charge in [-0.05, 0) is 56.2 Å². The Kier molecular flexibility index (Phi) is 5.07. The van der Waals surface area contributed by atoms with Crippen molar-refractivity contribution in [1.82, 2.24) is 24.6 Å². The van der Waals surface area contributed by atoms with Gasteiger partial charge in [0.25, 0.3) is 0 Å². The zero-order valence-corrected chi connectivity index (χ0v) is 17.7. The maximum absolute atomic E-state index is 9.49. The number of benzene rings is 2. The second kappa shape index (κ2) is 8.19. The van der Waals surface area contributed by atoms with E-state index in [1.807, 2.05) is 64.2 Å². The minimum absolute atomic E-state index is 0.0390. The Morgan fingerprint density at radius 3 is 2.53 bits per heavy atom. The number of nitrogens with zero attached hydrogens (tertiary/aromatic N) is 6. The van der Waals surface area contributed by atoms with Crippen LogP contribution in [0.4, 0.5) is 5.82 Å². The molecule has 8 nitrogen and oxygen atoms in total. The summed E-state index contributed by atoms with van der Waals surface area (Å²) in [5.41, 5.74) is 8.57. The van der Waals surface area contributed by atoms with Crippen LogP contribution in [-0.4, -0.2) is 37.2 Å².